The van der Waals surface area contributed by atoms with E-state index in [-0.39, 0.29) is 11.1 Å². The summed E-state index contributed by atoms with van der Waals surface area (Å²) in [6.45, 7) is 0. The number of benzene rings is 2. The van der Waals surface area contributed by atoms with E-state index in [9.17, 15) is 26.8 Å². The molecule has 2 amide bonds. The third-order valence-corrected chi connectivity index (χ3v) is 5.53. The molecule has 2 aromatic rings. The Labute approximate surface area is 166 Å². The standard InChI is InChI=1S/C19H17F2N3O4S/c1-24(12-22)19(26)17(23-18(25)14-5-3-2-4-6-14)11-29(27,28)10-13-7-8-15(20)16(21)9-13/h2-9,17H,10-11H2,1H3,(H,23,25)/t17-/m1/s1. The van der Waals surface area contributed by atoms with Crippen LogP contribution in [0.3, 0.4) is 0 Å². The number of amides is 2. The van der Waals surface area contributed by atoms with E-state index in [0.717, 1.165) is 25.2 Å². The molecule has 0 spiro atoms. The lowest BCUT2D eigenvalue weighted by Gasteiger charge is -2.20. The normalized spacial score (nSPS) is 11.9. The Morgan fingerprint density at radius 3 is 2.38 bits per heavy atom. The zero-order valence-electron chi connectivity index (χ0n) is 15.3. The molecule has 0 saturated carbocycles. The van der Waals surface area contributed by atoms with E-state index in [0.29, 0.717) is 4.90 Å². The van der Waals surface area contributed by atoms with Crippen molar-refractivity contribution in [2.75, 3.05) is 12.8 Å². The Hall–Kier alpha value is -3.32. The molecule has 0 aliphatic rings. The molecule has 0 unspecified atom stereocenters. The van der Waals surface area contributed by atoms with Crippen LogP contribution in [0.5, 0.6) is 0 Å². The number of nitrogens with zero attached hydrogens (tertiary/aromatic N) is 2. The maximum absolute atomic E-state index is 13.3. The fourth-order valence-corrected chi connectivity index (χ4v) is 4.02. The Kier molecular flexibility index (Phi) is 7.01. The molecule has 2 aromatic carbocycles. The van der Waals surface area contributed by atoms with E-state index >= 15 is 0 Å². The summed E-state index contributed by atoms with van der Waals surface area (Å²) in [6, 6.07) is 8.91. The number of rotatable bonds is 7. The van der Waals surface area contributed by atoms with Gasteiger partial charge in [0.15, 0.2) is 27.7 Å². The van der Waals surface area contributed by atoms with Gasteiger partial charge in [-0.2, -0.15) is 5.26 Å². The average Bonchev–Trinajstić information content (AvgIpc) is 2.69. The molecule has 0 aromatic heterocycles. The van der Waals surface area contributed by atoms with Gasteiger partial charge in [-0.25, -0.2) is 17.2 Å². The number of nitrogens with one attached hydrogen (secondary N) is 1. The van der Waals surface area contributed by atoms with E-state index in [1.54, 1.807) is 24.4 Å². The number of sulfone groups is 1. The third-order valence-electron chi connectivity index (χ3n) is 3.91. The van der Waals surface area contributed by atoms with E-state index in [1.807, 2.05) is 0 Å². The average molecular weight is 421 g/mol. The maximum atomic E-state index is 13.3. The molecule has 0 heterocycles. The SMILES string of the molecule is CN(C#N)C(=O)[C@@H](CS(=O)(=O)Cc1ccc(F)c(F)c1)NC(=O)c1ccccc1. The van der Waals surface area contributed by atoms with Crippen LogP contribution in [0.25, 0.3) is 0 Å². The van der Waals surface area contributed by atoms with E-state index in [2.05, 4.69) is 5.32 Å². The summed E-state index contributed by atoms with van der Waals surface area (Å²) < 4.78 is 51.4. The van der Waals surface area contributed by atoms with Crippen LogP contribution >= 0.6 is 0 Å². The quantitative estimate of drug-likeness (QED) is 0.540. The topological polar surface area (TPSA) is 107 Å². The fraction of sp³-hybridized carbons (Fsp3) is 0.211. The molecule has 2 rings (SSSR count). The van der Waals surface area contributed by atoms with Crippen LogP contribution in [0, 0.1) is 23.1 Å². The van der Waals surface area contributed by atoms with Gasteiger partial charge in [-0.3, -0.25) is 14.5 Å². The summed E-state index contributed by atoms with van der Waals surface area (Å²) in [5, 5.41) is 11.2. The number of hydrogen-bond donors (Lipinski definition) is 1. The minimum atomic E-state index is -4.04. The number of nitriles is 1. The lowest BCUT2D eigenvalue weighted by Crippen LogP contribution is -2.50. The number of hydrogen-bond acceptors (Lipinski definition) is 5. The van der Waals surface area contributed by atoms with Gasteiger partial charge >= 0.3 is 0 Å². The highest BCUT2D eigenvalue weighted by Gasteiger charge is 2.30. The number of carbonyl (C=O) groups is 2. The molecule has 0 bridgehead atoms. The molecular weight excluding hydrogens is 404 g/mol. The smallest absolute Gasteiger partial charge is 0.258 e. The second kappa shape index (κ2) is 9.25. The van der Waals surface area contributed by atoms with Gasteiger partial charge in [0.05, 0.1) is 11.5 Å². The maximum Gasteiger partial charge on any atom is 0.258 e. The number of likely N-dealkylation sites (N-methyl/N-ethyl adjacent to an activating group) is 1. The van der Waals surface area contributed by atoms with Crippen LogP contribution in [0.15, 0.2) is 48.5 Å². The summed E-state index contributed by atoms with van der Waals surface area (Å²) in [7, 11) is -2.91. The predicted molar refractivity (Wildman–Crippen MR) is 99.9 cm³/mol. The molecule has 0 saturated heterocycles. The van der Waals surface area contributed by atoms with Crippen molar-refractivity contribution in [3.05, 3.63) is 71.3 Å². The zero-order chi connectivity index (χ0) is 21.6. The minimum absolute atomic E-state index is 0.0156. The van der Waals surface area contributed by atoms with Crippen molar-refractivity contribution in [2.45, 2.75) is 11.8 Å². The molecule has 10 heteroatoms. The summed E-state index contributed by atoms with van der Waals surface area (Å²) in [6.07, 6.45) is 1.55. The summed E-state index contributed by atoms with van der Waals surface area (Å²) >= 11 is 0. The van der Waals surface area contributed by atoms with Gasteiger partial charge < -0.3 is 5.32 Å². The molecular formula is C19H17F2N3O4S. The fourth-order valence-electron chi connectivity index (χ4n) is 2.49. The second-order valence-electron chi connectivity index (χ2n) is 6.19. The van der Waals surface area contributed by atoms with Crippen LogP contribution in [-0.4, -0.2) is 44.0 Å². The molecule has 0 radical (unpaired) electrons. The first-order valence-electron chi connectivity index (χ1n) is 8.30. The molecule has 1 N–H and O–H groups in total. The summed E-state index contributed by atoms with van der Waals surface area (Å²) in [4.78, 5) is 25.3. The number of halogens is 2. The van der Waals surface area contributed by atoms with E-state index in [1.165, 1.54) is 12.1 Å². The van der Waals surface area contributed by atoms with Gasteiger partial charge in [-0.05, 0) is 29.8 Å². The molecule has 1 atom stereocenters. The van der Waals surface area contributed by atoms with Crippen molar-refractivity contribution in [3.8, 4) is 6.19 Å². The van der Waals surface area contributed by atoms with Crippen LogP contribution in [-0.2, 0) is 20.4 Å². The van der Waals surface area contributed by atoms with Crippen LogP contribution in [0.2, 0.25) is 0 Å². The second-order valence-corrected chi connectivity index (χ2v) is 8.30. The lowest BCUT2D eigenvalue weighted by molar-refractivity contribution is -0.128. The molecule has 29 heavy (non-hydrogen) atoms. The van der Waals surface area contributed by atoms with E-state index in [4.69, 9.17) is 5.26 Å². The first-order chi connectivity index (χ1) is 13.6. The van der Waals surface area contributed by atoms with Crippen LogP contribution in [0.1, 0.15) is 15.9 Å². The van der Waals surface area contributed by atoms with Gasteiger partial charge in [0.1, 0.15) is 6.04 Å². The Balaban J connectivity index is 2.23. The highest BCUT2D eigenvalue weighted by Crippen LogP contribution is 2.13. The highest BCUT2D eigenvalue weighted by molar-refractivity contribution is 7.90. The Morgan fingerprint density at radius 2 is 1.79 bits per heavy atom. The molecule has 152 valence electrons. The first-order valence-corrected chi connectivity index (χ1v) is 10.1. The predicted octanol–water partition coefficient (Wildman–Crippen LogP) is 1.62. The van der Waals surface area contributed by atoms with Gasteiger partial charge in [0.25, 0.3) is 11.8 Å². The Bertz CT molecular complexity index is 1050. The van der Waals surface area contributed by atoms with Crippen LogP contribution in [0.4, 0.5) is 8.78 Å². The largest absolute Gasteiger partial charge is 0.339 e. The van der Waals surface area contributed by atoms with Gasteiger partial charge in [-0.15, -0.1) is 0 Å². The van der Waals surface area contributed by atoms with Gasteiger partial charge in [-0.1, -0.05) is 24.3 Å². The third kappa shape index (κ3) is 6.08. The van der Waals surface area contributed by atoms with Crippen molar-refractivity contribution in [3.63, 3.8) is 0 Å². The number of carbonyl (C=O) groups excluding carboxylic acids is 2. The van der Waals surface area contributed by atoms with Crippen molar-refractivity contribution < 1.29 is 26.8 Å². The first kappa shape index (κ1) is 22.0. The summed E-state index contributed by atoms with van der Waals surface area (Å²) in [5.74, 6) is -5.44. The van der Waals surface area contributed by atoms with Crippen molar-refractivity contribution in [1.29, 1.82) is 5.26 Å². The molecule has 7 nitrogen and oxygen atoms in total. The lowest BCUT2D eigenvalue weighted by atomic mass is 10.2. The molecule has 0 fully saturated rings. The van der Waals surface area contributed by atoms with Gasteiger partial charge in [0.2, 0.25) is 0 Å². The van der Waals surface area contributed by atoms with Crippen molar-refractivity contribution >= 4 is 21.7 Å². The van der Waals surface area contributed by atoms with Gasteiger partial charge in [0, 0.05) is 12.6 Å². The summed E-state index contributed by atoms with van der Waals surface area (Å²) in [5.41, 5.74) is 0.182. The van der Waals surface area contributed by atoms with Crippen molar-refractivity contribution in [1.82, 2.24) is 10.2 Å². The van der Waals surface area contributed by atoms with Crippen LogP contribution < -0.4 is 5.32 Å². The molecule has 0 aliphatic heterocycles. The highest BCUT2D eigenvalue weighted by atomic mass is 32.2. The van der Waals surface area contributed by atoms with Crippen molar-refractivity contribution in [2.24, 2.45) is 0 Å². The zero-order valence-corrected chi connectivity index (χ0v) is 16.1. The molecule has 0 aliphatic carbocycles. The Morgan fingerprint density at radius 1 is 1.14 bits per heavy atom. The van der Waals surface area contributed by atoms with E-state index < -0.39 is 50.8 Å². The monoisotopic (exact) mass is 421 g/mol. The minimum Gasteiger partial charge on any atom is -0.339 e.